The minimum Gasteiger partial charge on any atom is -0.497 e. The molecule has 0 aromatic heterocycles. The Hall–Kier alpha value is -3.30. The Labute approximate surface area is 235 Å². The zero-order valence-electron chi connectivity index (χ0n) is 24.5. The fourth-order valence-corrected chi connectivity index (χ4v) is 5.73. The van der Waals surface area contributed by atoms with E-state index < -0.39 is 47.7 Å². The number of ether oxygens (including phenoxy) is 5. The Bertz CT molecular complexity index is 1120. The topological polar surface area (TPSA) is 118 Å². The predicted molar refractivity (Wildman–Crippen MR) is 144 cm³/mol. The second-order valence-corrected chi connectivity index (χ2v) is 13.3. The summed E-state index contributed by atoms with van der Waals surface area (Å²) in [6.07, 6.45) is -0.890. The van der Waals surface area contributed by atoms with Crippen LogP contribution in [0, 0.1) is 11.3 Å². The summed E-state index contributed by atoms with van der Waals surface area (Å²) in [5.74, 6) is 0.147. The van der Waals surface area contributed by atoms with Gasteiger partial charge < -0.3 is 23.7 Å². The number of ketones is 1. The number of carbonyl (C=O) groups is 4. The quantitative estimate of drug-likeness (QED) is 0.356. The van der Waals surface area contributed by atoms with E-state index in [1.807, 2.05) is 24.3 Å². The maximum atomic E-state index is 13.4. The van der Waals surface area contributed by atoms with Gasteiger partial charge in [-0.2, -0.15) is 0 Å². The van der Waals surface area contributed by atoms with Crippen LogP contribution in [-0.2, 0) is 35.0 Å². The Morgan fingerprint density at radius 2 is 1.52 bits per heavy atom. The van der Waals surface area contributed by atoms with E-state index in [0.29, 0.717) is 37.9 Å². The molecule has 1 aromatic rings. The molecule has 0 radical (unpaired) electrons. The minimum absolute atomic E-state index is 0.0317. The molecule has 3 fully saturated rings. The van der Waals surface area contributed by atoms with Crippen LogP contribution in [0.3, 0.4) is 0 Å². The molecular formula is C30H41NO9. The molecule has 1 aromatic carbocycles. The third-order valence-corrected chi connectivity index (χ3v) is 7.48. The highest BCUT2D eigenvalue weighted by molar-refractivity contribution is 5.88. The van der Waals surface area contributed by atoms with Crippen molar-refractivity contribution in [2.24, 2.45) is 11.3 Å². The lowest BCUT2D eigenvalue weighted by atomic mass is 9.51. The van der Waals surface area contributed by atoms with E-state index in [2.05, 4.69) is 0 Å². The maximum absolute atomic E-state index is 13.4. The zero-order valence-corrected chi connectivity index (χ0v) is 24.5. The van der Waals surface area contributed by atoms with Crippen molar-refractivity contribution in [3.05, 3.63) is 29.8 Å². The van der Waals surface area contributed by atoms with E-state index >= 15 is 0 Å². The molecule has 0 unspecified atom stereocenters. The van der Waals surface area contributed by atoms with Crippen molar-refractivity contribution in [3.63, 3.8) is 0 Å². The standard InChI is InChI=1S/C30H41NO9/c1-28(2,3)39-26(34)31-17-23(37-27(35)40-29(4,5)6)24(22(31)12-18-8-10-21(36-7)11-9-18)38-25(33)19-13-30(14-19)15-20(32)16-30/h8-11,19,22-24H,12-17H2,1-7H3/t22-,23+,24+/m1/s1. The number of nitrogens with zero attached hydrogens (tertiary/aromatic N) is 1. The van der Waals surface area contributed by atoms with Crippen molar-refractivity contribution < 1.29 is 42.9 Å². The summed E-state index contributed by atoms with van der Waals surface area (Å²) in [5.41, 5.74) is -0.767. The number of likely N-dealkylation sites (tertiary alicyclic amines) is 1. The molecule has 1 amide bonds. The van der Waals surface area contributed by atoms with Crippen LogP contribution in [0.25, 0.3) is 0 Å². The number of hydrogen-bond acceptors (Lipinski definition) is 9. The lowest BCUT2D eigenvalue weighted by Crippen LogP contribution is -2.52. The highest BCUT2D eigenvalue weighted by Crippen LogP contribution is 2.57. The Morgan fingerprint density at radius 1 is 0.925 bits per heavy atom. The van der Waals surface area contributed by atoms with Crippen LogP contribution in [0.1, 0.15) is 72.8 Å². The number of methoxy groups -OCH3 is 1. The van der Waals surface area contributed by atoms with E-state index in [9.17, 15) is 19.2 Å². The SMILES string of the molecule is COc1ccc(C[C@@H]2[C@H](OC(=O)C3CC4(CC(=O)C4)C3)[C@@H](OC(=O)OC(C)(C)C)CN2C(=O)OC(C)(C)C)cc1. The van der Waals surface area contributed by atoms with E-state index in [-0.39, 0.29) is 23.7 Å². The first-order chi connectivity index (χ1) is 18.6. The van der Waals surface area contributed by atoms with Crippen molar-refractivity contribution in [1.29, 1.82) is 0 Å². The van der Waals surface area contributed by atoms with Crippen molar-refractivity contribution in [2.75, 3.05) is 13.7 Å². The van der Waals surface area contributed by atoms with Gasteiger partial charge in [-0.25, -0.2) is 9.59 Å². The second kappa shape index (κ2) is 10.9. The lowest BCUT2D eigenvalue weighted by molar-refractivity contribution is -0.175. The fraction of sp³-hybridized carbons (Fsp3) is 0.667. The van der Waals surface area contributed by atoms with Crippen molar-refractivity contribution in [1.82, 2.24) is 4.90 Å². The van der Waals surface area contributed by atoms with Crippen molar-refractivity contribution >= 4 is 24.0 Å². The van der Waals surface area contributed by atoms with Gasteiger partial charge in [0.15, 0.2) is 12.2 Å². The zero-order chi connectivity index (χ0) is 29.5. The molecule has 0 bridgehead atoms. The first-order valence-corrected chi connectivity index (χ1v) is 13.8. The first kappa shape index (κ1) is 29.7. The summed E-state index contributed by atoms with van der Waals surface area (Å²) >= 11 is 0. The molecule has 40 heavy (non-hydrogen) atoms. The highest BCUT2D eigenvalue weighted by Gasteiger charge is 2.57. The van der Waals surface area contributed by atoms with Gasteiger partial charge in [0.1, 0.15) is 22.7 Å². The van der Waals surface area contributed by atoms with Gasteiger partial charge in [0, 0.05) is 12.8 Å². The van der Waals surface area contributed by atoms with Crippen LogP contribution in [0.15, 0.2) is 24.3 Å². The van der Waals surface area contributed by atoms with Gasteiger partial charge in [-0.3, -0.25) is 14.5 Å². The fourth-order valence-electron chi connectivity index (χ4n) is 5.73. The van der Waals surface area contributed by atoms with Crippen LogP contribution in [-0.4, -0.2) is 72.0 Å². The third kappa shape index (κ3) is 7.06. The van der Waals surface area contributed by atoms with Gasteiger partial charge in [0.05, 0.1) is 25.6 Å². The van der Waals surface area contributed by atoms with Crippen molar-refractivity contribution in [2.45, 2.75) is 103 Å². The van der Waals surface area contributed by atoms with Crippen LogP contribution < -0.4 is 4.74 Å². The molecule has 0 N–H and O–H groups in total. The smallest absolute Gasteiger partial charge is 0.497 e. The Balaban J connectivity index is 1.59. The lowest BCUT2D eigenvalue weighted by Gasteiger charge is -2.51. The molecule has 3 aliphatic rings. The van der Waals surface area contributed by atoms with Crippen LogP contribution in [0.2, 0.25) is 0 Å². The van der Waals surface area contributed by atoms with E-state index in [0.717, 1.165) is 5.56 Å². The molecular weight excluding hydrogens is 518 g/mol. The largest absolute Gasteiger partial charge is 0.509 e. The monoisotopic (exact) mass is 559 g/mol. The molecule has 2 saturated carbocycles. The van der Waals surface area contributed by atoms with Crippen molar-refractivity contribution in [3.8, 4) is 5.75 Å². The molecule has 1 spiro atoms. The van der Waals surface area contributed by atoms with E-state index in [1.165, 1.54) is 4.90 Å². The number of carbonyl (C=O) groups excluding carboxylic acids is 4. The molecule has 3 atom stereocenters. The van der Waals surface area contributed by atoms with Gasteiger partial charge in [0.25, 0.3) is 0 Å². The summed E-state index contributed by atoms with van der Waals surface area (Å²) < 4.78 is 28.0. The molecule has 2 aliphatic carbocycles. The molecule has 4 rings (SSSR count). The number of amides is 1. The van der Waals surface area contributed by atoms with E-state index in [4.69, 9.17) is 23.7 Å². The Morgan fingerprint density at radius 3 is 2.05 bits per heavy atom. The highest BCUT2D eigenvalue weighted by atomic mass is 16.7. The van der Waals surface area contributed by atoms with Gasteiger partial charge in [-0.15, -0.1) is 0 Å². The number of hydrogen-bond donors (Lipinski definition) is 0. The summed E-state index contributed by atoms with van der Waals surface area (Å²) in [4.78, 5) is 52.3. The summed E-state index contributed by atoms with van der Waals surface area (Å²) in [5, 5.41) is 0. The van der Waals surface area contributed by atoms with Crippen LogP contribution in [0.4, 0.5) is 9.59 Å². The number of benzene rings is 1. The van der Waals surface area contributed by atoms with Gasteiger partial charge in [-0.1, -0.05) is 12.1 Å². The first-order valence-electron chi connectivity index (χ1n) is 13.8. The summed E-state index contributed by atoms with van der Waals surface area (Å²) in [7, 11) is 1.58. The second-order valence-electron chi connectivity index (χ2n) is 13.3. The van der Waals surface area contributed by atoms with Gasteiger partial charge in [-0.05, 0) is 83.9 Å². The average molecular weight is 560 g/mol. The average Bonchev–Trinajstić information content (AvgIpc) is 3.09. The third-order valence-electron chi connectivity index (χ3n) is 7.48. The van der Waals surface area contributed by atoms with Crippen LogP contribution in [0.5, 0.6) is 5.75 Å². The molecule has 1 heterocycles. The Kier molecular flexibility index (Phi) is 8.11. The molecule has 1 aliphatic heterocycles. The molecule has 220 valence electrons. The van der Waals surface area contributed by atoms with E-state index in [1.54, 1.807) is 48.7 Å². The predicted octanol–water partition coefficient (Wildman–Crippen LogP) is 4.85. The normalized spacial score (nSPS) is 24.1. The number of rotatable bonds is 6. The molecule has 10 heteroatoms. The molecule has 10 nitrogen and oxygen atoms in total. The maximum Gasteiger partial charge on any atom is 0.509 e. The summed E-state index contributed by atoms with van der Waals surface area (Å²) in [6, 6.07) is 6.70. The van der Waals surface area contributed by atoms with Gasteiger partial charge in [0.2, 0.25) is 0 Å². The number of Topliss-reactive ketones (excluding diaryl/α,β-unsaturated/α-hetero) is 1. The molecule has 1 saturated heterocycles. The number of esters is 1. The van der Waals surface area contributed by atoms with Gasteiger partial charge >= 0.3 is 18.2 Å². The van der Waals surface area contributed by atoms with Crippen LogP contribution >= 0.6 is 0 Å². The summed E-state index contributed by atoms with van der Waals surface area (Å²) in [6.45, 7) is 10.4. The minimum atomic E-state index is -0.964.